The summed E-state index contributed by atoms with van der Waals surface area (Å²) in [5, 5.41) is 6.52. The minimum atomic E-state index is -0.920. The third kappa shape index (κ3) is 4.24. The van der Waals surface area contributed by atoms with E-state index >= 15 is 0 Å². The van der Waals surface area contributed by atoms with E-state index in [4.69, 9.17) is 12.2 Å². The summed E-state index contributed by atoms with van der Waals surface area (Å²) in [4.78, 5) is 0. The highest BCUT2D eigenvalue weighted by molar-refractivity contribution is 7.80. The van der Waals surface area contributed by atoms with Gasteiger partial charge in [-0.2, -0.15) is 0 Å². The summed E-state index contributed by atoms with van der Waals surface area (Å²) < 4.78 is 26.5. The van der Waals surface area contributed by atoms with Crippen molar-refractivity contribution in [1.82, 2.24) is 5.32 Å². The van der Waals surface area contributed by atoms with Crippen LogP contribution >= 0.6 is 12.2 Å². The van der Waals surface area contributed by atoms with Gasteiger partial charge in [0.25, 0.3) is 0 Å². The van der Waals surface area contributed by atoms with E-state index in [1.54, 1.807) is 0 Å². The number of hydrogen-bond donors (Lipinski definition) is 2. The Hall–Kier alpha value is -2.79. The lowest BCUT2D eigenvalue weighted by atomic mass is 9.95. The van der Waals surface area contributed by atoms with Gasteiger partial charge in [0, 0.05) is 11.8 Å². The van der Waals surface area contributed by atoms with Crippen molar-refractivity contribution in [3.8, 4) is 0 Å². The highest BCUT2D eigenvalue weighted by Crippen LogP contribution is 2.25. The first-order valence-electron chi connectivity index (χ1n) is 8.17. The van der Waals surface area contributed by atoms with Gasteiger partial charge >= 0.3 is 0 Å². The van der Waals surface area contributed by atoms with Gasteiger partial charge in [-0.1, -0.05) is 54.6 Å². The van der Waals surface area contributed by atoms with E-state index in [0.717, 1.165) is 28.8 Å². The van der Waals surface area contributed by atoms with Crippen molar-refractivity contribution in [3.05, 3.63) is 101 Å². The van der Waals surface area contributed by atoms with Gasteiger partial charge in [-0.15, -0.1) is 0 Å². The van der Waals surface area contributed by atoms with Crippen molar-refractivity contribution in [3.63, 3.8) is 0 Å². The molecule has 0 heterocycles. The second kappa shape index (κ2) is 8.06. The first-order chi connectivity index (χ1) is 12.5. The fraction of sp³-hybridized carbons (Fsp3) is 0.0952. The van der Waals surface area contributed by atoms with Crippen LogP contribution in [0.4, 0.5) is 14.5 Å². The predicted octanol–water partition coefficient (Wildman–Crippen LogP) is 5.35. The van der Waals surface area contributed by atoms with Crippen LogP contribution in [-0.2, 0) is 0 Å². The zero-order chi connectivity index (χ0) is 18.5. The molecule has 0 aliphatic carbocycles. The molecule has 0 bridgehead atoms. The molecular formula is C21H18F2N2S. The second-order valence-corrected chi connectivity index (χ2v) is 6.34. The van der Waals surface area contributed by atoms with E-state index in [1.807, 2.05) is 61.5 Å². The van der Waals surface area contributed by atoms with Crippen LogP contribution < -0.4 is 10.6 Å². The summed E-state index contributed by atoms with van der Waals surface area (Å²) >= 11 is 5.39. The second-order valence-electron chi connectivity index (χ2n) is 5.93. The van der Waals surface area contributed by atoms with E-state index in [-0.39, 0.29) is 6.04 Å². The number of nitrogens with one attached hydrogen (secondary N) is 2. The van der Waals surface area contributed by atoms with Crippen LogP contribution in [0.15, 0.2) is 72.8 Å². The third-order valence-corrected chi connectivity index (χ3v) is 4.31. The molecule has 1 atom stereocenters. The molecule has 3 aromatic rings. The zero-order valence-electron chi connectivity index (χ0n) is 14.2. The molecule has 0 radical (unpaired) electrons. The molecule has 26 heavy (non-hydrogen) atoms. The van der Waals surface area contributed by atoms with Crippen LogP contribution in [0, 0.1) is 18.6 Å². The lowest BCUT2D eigenvalue weighted by molar-refractivity contribution is 0.509. The van der Waals surface area contributed by atoms with E-state index in [2.05, 4.69) is 10.6 Å². The fourth-order valence-electron chi connectivity index (χ4n) is 2.77. The normalized spacial score (nSPS) is 11.7. The molecule has 0 amide bonds. The van der Waals surface area contributed by atoms with E-state index in [9.17, 15) is 8.78 Å². The number of halogens is 2. The van der Waals surface area contributed by atoms with E-state index < -0.39 is 11.6 Å². The van der Waals surface area contributed by atoms with E-state index in [1.165, 1.54) is 6.07 Å². The van der Waals surface area contributed by atoms with Gasteiger partial charge in [0.2, 0.25) is 0 Å². The summed E-state index contributed by atoms with van der Waals surface area (Å²) in [5.41, 5.74) is 3.66. The van der Waals surface area contributed by atoms with Crippen LogP contribution in [-0.4, -0.2) is 5.11 Å². The van der Waals surface area contributed by atoms with E-state index in [0.29, 0.717) is 10.8 Å². The fourth-order valence-corrected chi connectivity index (χ4v) is 3.00. The van der Waals surface area contributed by atoms with Gasteiger partial charge in [-0.25, -0.2) is 8.78 Å². The Morgan fingerprint density at radius 1 is 0.885 bits per heavy atom. The summed E-state index contributed by atoms with van der Waals surface area (Å²) in [6.07, 6.45) is 0. The maximum Gasteiger partial charge on any atom is 0.171 e. The van der Waals surface area contributed by atoms with Gasteiger partial charge in [0.05, 0.1) is 6.04 Å². The first kappa shape index (κ1) is 18.0. The van der Waals surface area contributed by atoms with Crippen LogP contribution in [0.3, 0.4) is 0 Å². The molecule has 132 valence electrons. The van der Waals surface area contributed by atoms with Crippen LogP contribution in [0.2, 0.25) is 0 Å². The Morgan fingerprint density at radius 3 is 2.27 bits per heavy atom. The molecule has 0 aliphatic rings. The zero-order valence-corrected chi connectivity index (χ0v) is 15.0. The lowest BCUT2D eigenvalue weighted by Crippen LogP contribution is -2.33. The number of anilines is 1. The average molecular weight is 368 g/mol. The van der Waals surface area contributed by atoms with Crippen LogP contribution in [0.5, 0.6) is 0 Å². The van der Waals surface area contributed by atoms with Crippen molar-refractivity contribution >= 4 is 23.0 Å². The van der Waals surface area contributed by atoms with Gasteiger partial charge in [0.15, 0.2) is 16.7 Å². The monoisotopic (exact) mass is 368 g/mol. The van der Waals surface area contributed by atoms with Crippen molar-refractivity contribution < 1.29 is 8.78 Å². The van der Waals surface area contributed by atoms with Gasteiger partial charge < -0.3 is 10.6 Å². The molecule has 0 saturated carbocycles. The number of aryl methyl sites for hydroxylation is 1. The molecule has 0 fully saturated rings. The van der Waals surface area contributed by atoms with Crippen molar-refractivity contribution in [2.24, 2.45) is 0 Å². The number of rotatable bonds is 4. The van der Waals surface area contributed by atoms with Gasteiger partial charge in [-0.3, -0.25) is 0 Å². The number of thiocarbonyl (C=S) groups is 1. The Labute approximate surface area is 156 Å². The summed E-state index contributed by atoms with van der Waals surface area (Å²) in [5.74, 6) is -1.81. The molecule has 0 aliphatic heterocycles. The molecule has 5 heteroatoms. The lowest BCUT2D eigenvalue weighted by Gasteiger charge is -2.23. The summed E-state index contributed by atoms with van der Waals surface area (Å²) in [7, 11) is 0. The predicted molar refractivity (Wildman–Crippen MR) is 105 cm³/mol. The maximum atomic E-state index is 13.4. The molecule has 1 unspecified atom stereocenters. The third-order valence-electron chi connectivity index (χ3n) is 4.09. The molecule has 3 aromatic carbocycles. The number of benzene rings is 3. The first-order valence-corrected chi connectivity index (χ1v) is 8.58. The largest absolute Gasteiger partial charge is 0.352 e. The van der Waals surface area contributed by atoms with Crippen molar-refractivity contribution in [2.75, 3.05) is 5.32 Å². The molecular weight excluding hydrogens is 350 g/mol. The topological polar surface area (TPSA) is 24.1 Å². The maximum absolute atomic E-state index is 13.4. The molecule has 2 N–H and O–H groups in total. The molecule has 0 aromatic heterocycles. The Balaban J connectivity index is 1.85. The van der Waals surface area contributed by atoms with Crippen LogP contribution in [0.25, 0.3) is 0 Å². The highest BCUT2D eigenvalue weighted by Gasteiger charge is 2.17. The van der Waals surface area contributed by atoms with Crippen molar-refractivity contribution in [2.45, 2.75) is 13.0 Å². The average Bonchev–Trinajstić information content (AvgIpc) is 2.64. The Morgan fingerprint density at radius 2 is 1.58 bits per heavy atom. The quantitative estimate of drug-likeness (QED) is 0.607. The SMILES string of the molecule is Cc1ccccc1C(NC(=S)Nc1ccc(F)c(F)c1)c1ccccc1. The highest BCUT2D eigenvalue weighted by atomic mass is 32.1. The minimum Gasteiger partial charge on any atom is -0.352 e. The smallest absolute Gasteiger partial charge is 0.171 e. The molecule has 3 rings (SSSR count). The van der Waals surface area contributed by atoms with Crippen LogP contribution in [0.1, 0.15) is 22.7 Å². The van der Waals surface area contributed by atoms with Crippen molar-refractivity contribution in [1.29, 1.82) is 0 Å². The summed E-state index contributed by atoms with van der Waals surface area (Å²) in [6, 6.07) is 21.4. The standard InChI is InChI=1S/C21H18F2N2S/c1-14-7-5-6-10-17(14)20(15-8-3-2-4-9-15)25-21(26)24-16-11-12-18(22)19(23)13-16/h2-13,20H,1H3,(H2,24,25,26). The molecule has 0 saturated heterocycles. The Bertz CT molecular complexity index is 913. The molecule has 2 nitrogen and oxygen atoms in total. The number of hydrogen-bond acceptors (Lipinski definition) is 1. The Kier molecular flexibility index (Phi) is 5.58. The van der Waals surface area contributed by atoms with Gasteiger partial charge in [0.1, 0.15) is 0 Å². The molecule has 0 spiro atoms. The van der Waals surface area contributed by atoms with Gasteiger partial charge in [-0.05, 0) is 48.0 Å². The minimum absolute atomic E-state index is 0.164. The summed E-state index contributed by atoms with van der Waals surface area (Å²) in [6.45, 7) is 2.04.